The van der Waals surface area contributed by atoms with E-state index < -0.39 is 0 Å². The number of nitrogens with zero attached hydrogens (tertiary/aromatic N) is 4. The molecular weight excluding hydrogens is 605 g/mol. The third-order valence-electron chi connectivity index (χ3n) is 6.73. The van der Waals surface area contributed by atoms with Gasteiger partial charge in [-0.2, -0.15) is 5.10 Å². The Labute approximate surface area is 262 Å². The molecule has 1 aromatic heterocycles. The minimum atomic E-state index is 0.194. The van der Waals surface area contributed by atoms with Crippen molar-refractivity contribution in [3.8, 4) is 0 Å². The topological polar surface area (TPSA) is 66.3 Å². The van der Waals surface area contributed by atoms with Crippen molar-refractivity contribution >= 4 is 43.0 Å². The first-order valence-electron chi connectivity index (χ1n) is 13.4. The van der Waals surface area contributed by atoms with Crippen LogP contribution in [0.2, 0.25) is 0 Å². The molecule has 0 amide bonds. The van der Waals surface area contributed by atoms with Crippen LogP contribution in [0.4, 0.5) is 11.4 Å². The Morgan fingerprint density at radius 3 is 1.43 bits per heavy atom. The van der Waals surface area contributed by atoms with E-state index in [-0.39, 0.29) is 13.1 Å². The third-order valence-corrected chi connectivity index (χ3v) is 6.73. The Morgan fingerprint density at radius 1 is 0.619 bits per heavy atom. The summed E-state index contributed by atoms with van der Waals surface area (Å²) in [4.78, 5) is 15.3. The van der Waals surface area contributed by atoms with E-state index in [2.05, 4.69) is 76.0 Å². The van der Waals surface area contributed by atoms with Gasteiger partial charge in [-0.15, -0.1) is 0 Å². The molecule has 0 unspecified atom stereocenters. The fourth-order valence-electron chi connectivity index (χ4n) is 5.08. The van der Waals surface area contributed by atoms with Gasteiger partial charge in [-0.25, -0.2) is 15.0 Å². The van der Waals surface area contributed by atoms with E-state index in [0.717, 1.165) is 50.5 Å². The molecule has 0 saturated carbocycles. The molecule has 0 saturated heterocycles. The molecule has 0 radical (unpaired) electrons. The van der Waals surface area contributed by atoms with Crippen LogP contribution in [0.15, 0.2) is 94.9 Å². The van der Waals surface area contributed by atoms with Gasteiger partial charge in [0, 0.05) is 11.1 Å². The van der Waals surface area contributed by atoms with Crippen molar-refractivity contribution in [1.82, 2.24) is 15.2 Å². The van der Waals surface area contributed by atoms with Crippen molar-refractivity contribution in [2.45, 2.75) is 41.5 Å². The molecule has 0 atom stereocenters. The zero-order valence-electron chi connectivity index (χ0n) is 24.5. The van der Waals surface area contributed by atoms with Gasteiger partial charge in [0.25, 0.3) is 0 Å². The van der Waals surface area contributed by atoms with Gasteiger partial charge in [0.15, 0.2) is 5.82 Å². The van der Waals surface area contributed by atoms with E-state index >= 15 is 0 Å². The van der Waals surface area contributed by atoms with Crippen molar-refractivity contribution < 1.29 is 13.1 Å². The second-order valence-electron chi connectivity index (χ2n) is 10.2. The quantitative estimate of drug-likeness (QED) is 0.149. The Hall–Kier alpha value is -3.54. The second-order valence-corrected chi connectivity index (χ2v) is 12.0. The molecule has 5 nitrogen and oxygen atoms in total. The van der Waals surface area contributed by atoms with Crippen LogP contribution in [0.5, 0.6) is 0 Å². The molecule has 0 aliphatic rings. The zero-order chi connectivity index (χ0) is 30.2. The summed E-state index contributed by atoms with van der Waals surface area (Å²) in [5.41, 5.74) is 12.2. The number of benzene rings is 4. The number of rotatable bonds is 6. The molecule has 0 bridgehead atoms. The average Bonchev–Trinajstić information content (AvgIpc) is 3.43. The van der Waals surface area contributed by atoms with E-state index in [1.807, 2.05) is 60.7 Å². The normalized spacial score (nSPS) is 11.8. The first kappa shape index (κ1) is 31.4. The summed E-state index contributed by atoms with van der Waals surface area (Å²) in [6, 6.07) is 28.8. The Morgan fingerprint density at radius 2 is 1.00 bits per heavy atom. The predicted octanol–water partition coefficient (Wildman–Crippen LogP) is 9.37. The summed E-state index contributed by atoms with van der Waals surface area (Å²) in [7, 11) is 9.53. The number of aryl methyl sites for hydroxylation is 6. The fourth-order valence-corrected chi connectivity index (χ4v) is 5.08. The van der Waals surface area contributed by atoms with E-state index in [4.69, 9.17) is 35.2 Å². The van der Waals surface area contributed by atoms with Crippen molar-refractivity contribution in [1.29, 1.82) is 0 Å². The molecule has 0 fully saturated rings. The van der Waals surface area contributed by atoms with Crippen LogP contribution in [0.1, 0.15) is 56.2 Å². The van der Waals surface area contributed by atoms with Crippen LogP contribution >= 0.6 is 20.2 Å². The first-order chi connectivity index (χ1) is 20.2. The Bertz CT molecular complexity index is 1560. The van der Waals surface area contributed by atoms with Crippen LogP contribution < -0.4 is 0 Å². The van der Waals surface area contributed by atoms with Crippen molar-refractivity contribution in [3.63, 3.8) is 0 Å². The molecule has 8 heteroatoms. The van der Waals surface area contributed by atoms with Gasteiger partial charge in [-0.1, -0.05) is 96.1 Å². The molecule has 1 N–H and O–H groups in total. The number of H-pyrrole nitrogens is 1. The van der Waals surface area contributed by atoms with Gasteiger partial charge < -0.3 is 0 Å². The summed E-state index contributed by atoms with van der Waals surface area (Å²) in [5.74, 6) is 1.12. The molecule has 0 aliphatic carbocycles. The molecule has 1 heterocycles. The number of aromatic nitrogens is 3. The number of hydrogen-bond acceptors (Lipinski definition) is 4. The maximum atomic E-state index is 5.15. The van der Waals surface area contributed by atoms with Gasteiger partial charge in [-0.3, -0.25) is 5.10 Å². The fraction of sp³-hybridized carbons (Fsp3) is 0.176. The third kappa shape index (κ3) is 7.64. The van der Waals surface area contributed by atoms with Crippen LogP contribution in [0.25, 0.3) is 0 Å². The number of nitrogens with one attached hydrogen (secondary N) is 1. The summed E-state index contributed by atoms with van der Waals surface area (Å²) in [6.45, 7) is 12.6. The Balaban J connectivity index is 0.00000129. The number of hydrogen-bond donors (Lipinski definition) is 1. The summed E-state index contributed by atoms with van der Waals surface area (Å²) >= 11 is 0.194. The number of aliphatic imine (C=N–C) groups is 2. The van der Waals surface area contributed by atoms with Crippen molar-refractivity contribution in [3.05, 3.63) is 141 Å². The first-order valence-corrected chi connectivity index (χ1v) is 16.5. The standard InChI is InChI=1S/C34H33N5.2ClH.Fe/c1-21-17-23(3)29(24(4)18-21)35-31(27-13-9-7-10-14-27)33-37-34(39-38-33)32(28-15-11-8-12-16-28)36-30-25(5)19-22(2)20-26(30)6;;;/h7-20H,1-6H3,(H,37,38,39);2*1H;/q;;;+2/p-2. The van der Waals surface area contributed by atoms with Crippen molar-refractivity contribution in [2.24, 2.45) is 9.98 Å². The molecular formula is C34H33Cl2FeN5. The summed E-state index contributed by atoms with van der Waals surface area (Å²) in [6.07, 6.45) is 0. The molecule has 0 spiro atoms. The number of halogens is 2. The Kier molecular flexibility index (Phi) is 10.9. The minimum absolute atomic E-state index is 0.194. The van der Waals surface area contributed by atoms with Gasteiger partial charge in [-0.05, 0) is 63.8 Å². The van der Waals surface area contributed by atoms with Crippen molar-refractivity contribution in [2.75, 3.05) is 0 Å². The van der Waals surface area contributed by atoms with Gasteiger partial charge in [0.2, 0.25) is 5.82 Å². The monoisotopic (exact) mass is 637 g/mol. The van der Waals surface area contributed by atoms with Crippen LogP contribution in [-0.2, 0) is 13.1 Å². The van der Waals surface area contributed by atoms with Gasteiger partial charge in [0.1, 0.15) is 11.4 Å². The zero-order valence-corrected chi connectivity index (χ0v) is 27.1. The maximum absolute atomic E-state index is 5.15. The molecule has 5 aromatic rings. The summed E-state index contributed by atoms with van der Waals surface area (Å²) in [5, 5.41) is 7.84. The van der Waals surface area contributed by atoms with Gasteiger partial charge in [0.05, 0.1) is 11.4 Å². The SMILES string of the molecule is Cc1cc(C)c(N=C(c2ccccc2)c2n[nH]c(C(=Nc3c(C)cc(C)cc3C)c3ccccc3)n2)c(C)c1.[Cl][Fe][Cl]. The molecule has 0 aliphatic heterocycles. The van der Waals surface area contributed by atoms with E-state index in [1.165, 1.54) is 11.1 Å². The van der Waals surface area contributed by atoms with Gasteiger partial charge >= 0.3 is 33.3 Å². The van der Waals surface area contributed by atoms with E-state index in [1.54, 1.807) is 0 Å². The summed E-state index contributed by atoms with van der Waals surface area (Å²) < 4.78 is 0. The molecule has 4 aromatic carbocycles. The van der Waals surface area contributed by atoms with Crippen LogP contribution in [-0.4, -0.2) is 26.6 Å². The van der Waals surface area contributed by atoms with E-state index in [9.17, 15) is 0 Å². The molecule has 216 valence electrons. The molecule has 42 heavy (non-hydrogen) atoms. The average molecular weight is 638 g/mol. The second kappa shape index (κ2) is 14.6. The van der Waals surface area contributed by atoms with Crippen LogP contribution in [0, 0.1) is 41.5 Å². The number of aromatic amines is 1. The molecule has 5 rings (SSSR count). The van der Waals surface area contributed by atoms with Crippen LogP contribution in [0.3, 0.4) is 0 Å². The van der Waals surface area contributed by atoms with E-state index in [0.29, 0.717) is 17.4 Å². The predicted molar refractivity (Wildman–Crippen MR) is 173 cm³/mol.